The van der Waals surface area contributed by atoms with Crippen LogP contribution in [0.3, 0.4) is 0 Å². The standard InChI is InChI=1S/C2H4O2.Mo/c1-2(3)4;/h1H3,(H,3,4);/q;+2/p-1. The SMILES string of the molecule is CC(=O)[O-].[Mo+2]. The van der Waals surface area contributed by atoms with Gasteiger partial charge in [0, 0.05) is 5.97 Å². The van der Waals surface area contributed by atoms with Crippen molar-refractivity contribution in [2.24, 2.45) is 0 Å². The minimum atomic E-state index is -1.08. The van der Waals surface area contributed by atoms with Crippen LogP contribution < -0.4 is 5.11 Å². The van der Waals surface area contributed by atoms with Gasteiger partial charge in [-0.25, -0.2) is 0 Å². The summed E-state index contributed by atoms with van der Waals surface area (Å²) in [6, 6.07) is 0. The Morgan fingerprint density at radius 3 is 1.80 bits per heavy atom. The predicted molar refractivity (Wildman–Crippen MR) is 10.7 cm³/mol. The van der Waals surface area contributed by atoms with Crippen molar-refractivity contribution >= 4 is 5.97 Å². The molecule has 3 heteroatoms. The number of hydrogen-bond donors (Lipinski definition) is 0. The van der Waals surface area contributed by atoms with E-state index in [-0.39, 0.29) is 21.1 Å². The summed E-state index contributed by atoms with van der Waals surface area (Å²) < 4.78 is 0. The molecule has 0 fully saturated rings. The molecule has 5 heavy (non-hydrogen) atoms. The van der Waals surface area contributed by atoms with Crippen molar-refractivity contribution in [1.29, 1.82) is 0 Å². The van der Waals surface area contributed by atoms with Crippen molar-refractivity contribution in [1.82, 2.24) is 0 Å². The van der Waals surface area contributed by atoms with E-state index in [9.17, 15) is 0 Å². The third kappa shape index (κ3) is 773. The van der Waals surface area contributed by atoms with Crippen LogP contribution in [0.2, 0.25) is 0 Å². The molecule has 0 radical (unpaired) electrons. The molecule has 0 unspecified atom stereocenters. The molecule has 0 N–H and O–H groups in total. The van der Waals surface area contributed by atoms with Gasteiger partial charge >= 0.3 is 21.1 Å². The molecule has 0 aliphatic carbocycles. The molecule has 2 nitrogen and oxygen atoms in total. The minimum Gasteiger partial charge on any atom is -0.550 e. The minimum absolute atomic E-state index is 0. The Morgan fingerprint density at radius 1 is 1.80 bits per heavy atom. The first-order valence-electron chi connectivity index (χ1n) is 0.908. The van der Waals surface area contributed by atoms with Crippen molar-refractivity contribution in [2.45, 2.75) is 6.92 Å². The molecular formula is C2H3MoO2+. The average molecular weight is 155 g/mol. The summed E-state index contributed by atoms with van der Waals surface area (Å²) in [7, 11) is 0. The second kappa shape index (κ2) is 4.16. The van der Waals surface area contributed by atoms with E-state index in [1.165, 1.54) is 0 Å². The third-order valence-electron chi connectivity index (χ3n) is 0. The topological polar surface area (TPSA) is 40.1 Å². The van der Waals surface area contributed by atoms with Gasteiger partial charge in [0.15, 0.2) is 0 Å². The third-order valence-corrected chi connectivity index (χ3v) is 0. The van der Waals surface area contributed by atoms with Gasteiger partial charge in [0.2, 0.25) is 0 Å². The zero-order valence-corrected chi connectivity index (χ0v) is 4.73. The Kier molecular flexibility index (Phi) is 7.44. The second-order valence-electron chi connectivity index (χ2n) is 0.492. The molecule has 0 bridgehead atoms. The first-order chi connectivity index (χ1) is 1.73. The summed E-state index contributed by atoms with van der Waals surface area (Å²) in [5.74, 6) is -1.08. The maximum Gasteiger partial charge on any atom is 2.00 e. The van der Waals surface area contributed by atoms with Gasteiger partial charge < -0.3 is 9.90 Å². The van der Waals surface area contributed by atoms with Crippen molar-refractivity contribution in [2.75, 3.05) is 0 Å². The normalized spacial score (nSPS) is 5.00. The summed E-state index contributed by atoms with van der Waals surface area (Å²) in [6.45, 7) is 0.972. The Balaban J connectivity index is 0. The number of carbonyl (C=O) groups is 1. The number of carboxylic acid groups (broad SMARTS) is 1. The van der Waals surface area contributed by atoms with Crippen LogP contribution >= 0.6 is 0 Å². The number of aliphatic carboxylic acids is 1. The Bertz CT molecular complexity index is 30.6. The molecule has 28 valence electrons. The molecule has 0 aromatic carbocycles. The number of hydrogen-bond acceptors (Lipinski definition) is 2. The number of carbonyl (C=O) groups excluding carboxylic acids is 1. The van der Waals surface area contributed by atoms with Crippen LogP contribution in [0.4, 0.5) is 0 Å². The van der Waals surface area contributed by atoms with Gasteiger partial charge in [-0.05, 0) is 6.92 Å². The summed E-state index contributed by atoms with van der Waals surface area (Å²) in [5, 5.41) is 8.89. The molecule has 0 heterocycles. The van der Waals surface area contributed by atoms with Gasteiger partial charge in [-0.1, -0.05) is 0 Å². The molecule has 0 spiro atoms. The zero-order chi connectivity index (χ0) is 3.58. The van der Waals surface area contributed by atoms with Crippen LogP contribution in [-0.2, 0) is 25.9 Å². The van der Waals surface area contributed by atoms with Gasteiger partial charge in [0.1, 0.15) is 0 Å². The summed E-state index contributed by atoms with van der Waals surface area (Å²) in [4.78, 5) is 8.89. The predicted octanol–water partition coefficient (Wildman–Crippen LogP) is -1.25. The molecular weight excluding hydrogens is 152 g/mol. The first kappa shape index (κ1) is 8.94. The summed E-state index contributed by atoms with van der Waals surface area (Å²) >= 11 is 0. The van der Waals surface area contributed by atoms with Gasteiger partial charge in [0.25, 0.3) is 0 Å². The number of rotatable bonds is 0. The van der Waals surface area contributed by atoms with Crippen molar-refractivity contribution in [3.63, 3.8) is 0 Å². The summed E-state index contributed by atoms with van der Waals surface area (Å²) in [6.07, 6.45) is 0. The quantitative estimate of drug-likeness (QED) is 0.410. The molecule has 0 saturated carbocycles. The molecule has 0 aromatic heterocycles. The molecule has 0 amide bonds. The Hall–Kier alpha value is 0.158. The van der Waals surface area contributed by atoms with Gasteiger partial charge in [-0.15, -0.1) is 0 Å². The van der Waals surface area contributed by atoms with Crippen LogP contribution in [0.15, 0.2) is 0 Å². The van der Waals surface area contributed by atoms with E-state index < -0.39 is 5.97 Å². The Labute approximate surface area is 44.4 Å². The fourth-order valence-electron chi connectivity index (χ4n) is 0. The van der Waals surface area contributed by atoms with E-state index in [0.717, 1.165) is 6.92 Å². The van der Waals surface area contributed by atoms with Crippen LogP contribution in [0, 0.1) is 0 Å². The van der Waals surface area contributed by atoms with Gasteiger partial charge in [-0.3, -0.25) is 0 Å². The van der Waals surface area contributed by atoms with Crippen LogP contribution in [0.5, 0.6) is 0 Å². The van der Waals surface area contributed by atoms with Crippen LogP contribution in [0.25, 0.3) is 0 Å². The molecule has 0 aliphatic rings. The molecule has 0 atom stereocenters. The first-order valence-corrected chi connectivity index (χ1v) is 0.908. The maximum atomic E-state index is 8.89. The smallest absolute Gasteiger partial charge is 0.550 e. The van der Waals surface area contributed by atoms with E-state index in [2.05, 4.69) is 0 Å². The van der Waals surface area contributed by atoms with Crippen molar-refractivity contribution in [3.8, 4) is 0 Å². The monoisotopic (exact) mass is 157 g/mol. The van der Waals surface area contributed by atoms with E-state index >= 15 is 0 Å². The fraction of sp³-hybridized carbons (Fsp3) is 0.500. The van der Waals surface area contributed by atoms with E-state index in [0.29, 0.717) is 0 Å². The largest absolute Gasteiger partial charge is 2.00 e. The van der Waals surface area contributed by atoms with E-state index in [1.807, 2.05) is 0 Å². The van der Waals surface area contributed by atoms with Gasteiger partial charge in [0.05, 0.1) is 0 Å². The Morgan fingerprint density at radius 2 is 1.80 bits per heavy atom. The molecule has 0 aliphatic heterocycles. The molecule has 0 rings (SSSR count). The van der Waals surface area contributed by atoms with E-state index in [1.54, 1.807) is 0 Å². The maximum absolute atomic E-state index is 8.89. The van der Waals surface area contributed by atoms with Crippen LogP contribution in [0.1, 0.15) is 6.92 Å². The zero-order valence-electron chi connectivity index (χ0n) is 2.72. The average Bonchev–Trinajstić information content (AvgIpc) is 0.811. The van der Waals surface area contributed by atoms with E-state index in [4.69, 9.17) is 9.90 Å². The summed E-state index contributed by atoms with van der Waals surface area (Å²) in [5.41, 5.74) is 0. The molecule has 0 aromatic rings. The molecule has 0 saturated heterocycles. The van der Waals surface area contributed by atoms with Gasteiger partial charge in [-0.2, -0.15) is 0 Å². The van der Waals surface area contributed by atoms with Crippen molar-refractivity contribution in [3.05, 3.63) is 0 Å². The number of carboxylic acids is 1. The van der Waals surface area contributed by atoms with Crippen molar-refractivity contribution < 1.29 is 31.0 Å². The van der Waals surface area contributed by atoms with Crippen LogP contribution in [-0.4, -0.2) is 5.97 Å². The second-order valence-corrected chi connectivity index (χ2v) is 0.492. The fourth-order valence-corrected chi connectivity index (χ4v) is 0.